The van der Waals surface area contributed by atoms with E-state index in [9.17, 15) is 4.79 Å². The van der Waals surface area contributed by atoms with Crippen LogP contribution in [0.3, 0.4) is 0 Å². The fraction of sp³-hybridized carbons (Fsp3) is 0.133. The number of halogens is 2. The first-order valence-electron chi connectivity index (χ1n) is 6.05. The molecule has 3 nitrogen and oxygen atoms in total. The van der Waals surface area contributed by atoms with Crippen molar-refractivity contribution >= 4 is 40.5 Å². The number of rotatable bonds is 3. The van der Waals surface area contributed by atoms with Gasteiger partial charge in [0.1, 0.15) is 0 Å². The van der Waals surface area contributed by atoms with Gasteiger partial charge in [-0.05, 0) is 48.4 Å². The first kappa shape index (κ1) is 14.7. The van der Waals surface area contributed by atoms with E-state index in [4.69, 9.17) is 28.9 Å². The molecule has 0 fully saturated rings. The lowest BCUT2D eigenvalue weighted by Crippen LogP contribution is -2.15. The highest BCUT2D eigenvalue weighted by Crippen LogP contribution is 2.23. The molecule has 0 aliphatic heterocycles. The van der Waals surface area contributed by atoms with Crippen LogP contribution in [0.1, 0.15) is 11.1 Å². The van der Waals surface area contributed by atoms with E-state index in [0.29, 0.717) is 15.7 Å². The molecule has 3 N–H and O–H groups in total. The Kier molecular flexibility index (Phi) is 4.53. The van der Waals surface area contributed by atoms with Crippen molar-refractivity contribution in [3.63, 3.8) is 0 Å². The molecular weight excluding hydrogens is 295 g/mol. The zero-order valence-corrected chi connectivity index (χ0v) is 12.4. The number of hydrogen-bond acceptors (Lipinski definition) is 2. The Morgan fingerprint density at radius 3 is 2.55 bits per heavy atom. The summed E-state index contributed by atoms with van der Waals surface area (Å²) in [6.45, 7) is 1.89. The van der Waals surface area contributed by atoms with Crippen LogP contribution in [-0.4, -0.2) is 5.91 Å². The highest BCUT2D eigenvalue weighted by Gasteiger charge is 2.07. The Morgan fingerprint density at radius 2 is 1.90 bits per heavy atom. The van der Waals surface area contributed by atoms with Crippen LogP contribution in [0.4, 0.5) is 11.4 Å². The summed E-state index contributed by atoms with van der Waals surface area (Å²) in [6, 6.07) is 10.5. The van der Waals surface area contributed by atoms with Crippen molar-refractivity contribution in [2.45, 2.75) is 13.3 Å². The van der Waals surface area contributed by atoms with Crippen molar-refractivity contribution in [1.29, 1.82) is 0 Å². The molecule has 1 amide bonds. The predicted molar refractivity (Wildman–Crippen MR) is 84.4 cm³/mol. The van der Waals surface area contributed by atoms with Gasteiger partial charge in [0.05, 0.1) is 16.5 Å². The monoisotopic (exact) mass is 308 g/mol. The Balaban J connectivity index is 2.07. The van der Waals surface area contributed by atoms with Crippen molar-refractivity contribution in [2.75, 3.05) is 11.1 Å². The number of nitrogens with two attached hydrogens (primary N) is 1. The Labute approximate surface area is 127 Å². The van der Waals surface area contributed by atoms with Crippen molar-refractivity contribution < 1.29 is 4.79 Å². The number of carbonyl (C=O) groups excluding carboxylic acids is 1. The Bertz CT molecular complexity index is 656. The fourth-order valence-electron chi connectivity index (χ4n) is 1.86. The maximum atomic E-state index is 12.0. The number of nitrogens with one attached hydrogen (secondary N) is 1. The molecule has 0 heterocycles. The van der Waals surface area contributed by atoms with Gasteiger partial charge in [-0.2, -0.15) is 0 Å². The summed E-state index contributed by atoms with van der Waals surface area (Å²) in [5.41, 5.74) is 8.83. The van der Waals surface area contributed by atoms with Crippen molar-refractivity contribution in [3.05, 3.63) is 57.6 Å². The predicted octanol–water partition coefficient (Wildman–Crippen LogP) is 4.07. The van der Waals surface area contributed by atoms with Crippen LogP contribution in [-0.2, 0) is 11.2 Å². The third-order valence-electron chi connectivity index (χ3n) is 2.87. The van der Waals surface area contributed by atoms with Crippen molar-refractivity contribution in [1.82, 2.24) is 0 Å². The van der Waals surface area contributed by atoms with E-state index in [1.54, 1.807) is 30.3 Å². The SMILES string of the molecule is Cc1cc(N)ccc1NC(=O)Cc1ccc(Cl)c(Cl)c1. The summed E-state index contributed by atoms with van der Waals surface area (Å²) >= 11 is 11.8. The van der Waals surface area contributed by atoms with E-state index in [2.05, 4.69) is 5.32 Å². The maximum absolute atomic E-state index is 12.0. The third-order valence-corrected chi connectivity index (χ3v) is 3.61. The third kappa shape index (κ3) is 3.65. The first-order chi connectivity index (χ1) is 9.45. The average Bonchev–Trinajstić information content (AvgIpc) is 2.37. The molecule has 5 heteroatoms. The summed E-state index contributed by atoms with van der Waals surface area (Å²) in [5.74, 6) is -0.115. The number of carbonyl (C=O) groups is 1. The van der Waals surface area contributed by atoms with Gasteiger partial charge in [0, 0.05) is 11.4 Å². The van der Waals surface area contributed by atoms with Crippen LogP contribution >= 0.6 is 23.2 Å². The van der Waals surface area contributed by atoms with Gasteiger partial charge in [0.2, 0.25) is 5.91 Å². The van der Waals surface area contributed by atoms with E-state index in [1.807, 2.05) is 13.0 Å². The molecule has 20 heavy (non-hydrogen) atoms. The first-order valence-corrected chi connectivity index (χ1v) is 6.81. The normalized spacial score (nSPS) is 10.3. The number of benzene rings is 2. The van der Waals surface area contributed by atoms with Crippen molar-refractivity contribution in [2.24, 2.45) is 0 Å². The average molecular weight is 309 g/mol. The van der Waals surface area contributed by atoms with Gasteiger partial charge in [-0.1, -0.05) is 29.3 Å². The lowest BCUT2D eigenvalue weighted by Gasteiger charge is -2.09. The number of nitrogen functional groups attached to an aromatic ring is 1. The van der Waals surface area contributed by atoms with Gasteiger partial charge in [0.15, 0.2) is 0 Å². The molecule has 0 saturated carbocycles. The number of hydrogen-bond donors (Lipinski definition) is 2. The van der Waals surface area contributed by atoms with Crippen LogP contribution in [0.2, 0.25) is 10.0 Å². The van der Waals surface area contributed by atoms with E-state index in [0.717, 1.165) is 16.8 Å². The van der Waals surface area contributed by atoms with Crippen LogP contribution in [0.15, 0.2) is 36.4 Å². The quantitative estimate of drug-likeness (QED) is 0.840. The molecule has 2 aromatic carbocycles. The molecule has 0 unspecified atom stereocenters. The molecule has 0 saturated heterocycles. The minimum absolute atomic E-state index is 0.115. The molecule has 0 radical (unpaired) electrons. The molecule has 2 aromatic rings. The summed E-state index contributed by atoms with van der Waals surface area (Å²) < 4.78 is 0. The van der Waals surface area contributed by atoms with E-state index >= 15 is 0 Å². The van der Waals surface area contributed by atoms with Gasteiger partial charge in [0.25, 0.3) is 0 Å². The molecule has 0 aliphatic rings. The molecule has 0 aliphatic carbocycles. The molecule has 0 bridgehead atoms. The minimum Gasteiger partial charge on any atom is -0.399 e. The minimum atomic E-state index is -0.115. The highest BCUT2D eigenvalue weighted by atomic mass is 35.5. The smallest absolute Gasteiger partial charge is 0.228 e. The summed E-state index contributed by atoms with van der Waals surface area (Å²) in [4.78, 5) is 12.0. The molecular formula is C15H14Cl2N2O. The molecule has 0 aromatic heterocycles. The second-order valence-electron chi connectivity index (χ2n) is 4.55. The van der Waals surface area contributed by atoms with Gasteiger partial charge in [-0.25, -0.2) is 0 Å². The molecule has 0 atom stereocenters. The topological polar surface area (TPSA) is 55.1 Å². The van der Waals surface area contributed by atoms with Gasteiger partial charge >= 0.3 is 0 Å². The summed E-state index contributed by atoms with van der Waals surface area (Å²) in [6.07, 6.45) is 0.237. The second-order valence-corrected chi connectivity index (χ2v) is 5.36. The van der Waals surface area contributed by atoms with E-state index < -0.39 is 0 Å². The highest BCUT2D eigenvalue weighted by molar-refractivity contribution is 6.42. The Morgan fingerprint density at radius 1 is 1.15 bits per heavy atom. The van der Waals surface area contributed by atoms with Crippen LogP contribution in [0, 0.1) is 6.92 Å². The van der Waals surface area contributed by atoms with Crippen LogP contribution < -0.4 is 11.1 Å². The van der Waals surface area contributed by atoms with Crippen LogP contribution in [0.25, 0.3) is 0 Å². The van der Waals surface area contributed by atoms with Crippen molar-refractivity contribution in [3.8, 4) is 0 Å². The van der Waals surface area contributed by atoms with Gasteiger partial charge < -0.3 is 11.1 Å². The summed E-state index contributed by atoms with van der Waals surface area (Å²) in [5, 5.41) is 3.77. The summed E-state index contributed by atoms with van der Waals surface area (Å²) in [7, 11) is 0. The zero-order chi connectivity index (χ0) is 14.7. The van der Waals surface area contributed by atoms with Gasteiger partial charge in [-0.15, -0.1) is 0 Å². The molecule has 0 spiro atoms. The number of amides is 1. The lowest BCUT2D eigenvalue weighted by atomic mass is 10.1. The standard InChI is InChI=1S/C15H14Cl2N2O/c1-9-6-11(18)3-5-14(9)19-15(20)8-10-2-4-12(16)13(17)7-10/h2-7H,8,18H2,1H3,(H,19,20). The van der Waals surface area contributed by atoms with E-state index in [1.165, 1.54) is 0 Å². The molecule has 104 valence electrons. The lowest BCUT2D eigenvalue weighted by molar-refractivity contribution is -0.115. The van der Waals surface area contributed by atoms with Crippen LogP contribution in [0.5, 0.6) is 0 Å². The zero-order valence-electron chi connectivity index (χ0n) is 10.9. The van der Waals surface area contributed by atoms with E-state index in [-0.39, 0.29) is 12.3 Å². The number of aryl methyl sites for hydroxylation is 1. The second kappa shape index (κ2) is 6.16. The maximum Gasteiger partial charge on any atom is 0.228 e. The Hall–Kier alpha value is -1.71. The number of anilines is 2. The fourth-order valence-corrected chi connectivity index (χ4v) is 2.18. The largest absolute Gasteiger partial charge is 0.399 e. The molecule has 2 rings (SSSR count). The van der Waals surface area contributed by atoms with Gasteiger partial charge in [-0.3, -0.25) is 4.79 Å².